The summed E-state index contributed by atoms with van der Waals surface area (Å²) in [7, 11) is -3.03. The van der Waals surface area contributed by atoms with Crippen molar-refractivity contribution in [2.24, 2.45) is 0 Å². The summed E-state index contributed by atoms with van der Waals surface area (Å²) in [5.74, 6) is 1.32. The van der Waals surface area contributed by atoms with Gasteiger partial charge in [0.1, 0.15) is 11.6 Å². The van der Waals surface area contributed by atoms with Crippen LogP contribution in [0.1, 0.15) is 18.1 Å². The molecule has 0 spiro atoms. The average molecular weight is 320 g/mol. The molecule has 0 fully saturated rings. The number of fused-ring (bicyclic) bond motifs is 1. The van der Waals surface area contributed by atoms with Crippen LogP contribution in [0, 0.1) is 5.82 Å². The van der Waals surface area contributed by atoms with Gasteiger partial charge in [0.2, 0.25) is 0 Å². The maximum Gasteiger partial charge on any atom is 0.189 e. The molecular formula is C13H17FO4S2. The SMILES string of the molecule is CC(CSCc1cc(F)cc2c1OCOC2)S(C)(=O)=O. The summed E-state index contributed by atoms with van der Waals surface area (Å²) in [5.41, 5.74) is 1.44. The summed E-state index contributed by atoms with van der Waals surface area (Å²) < 4.78 is 46.7. The minimum atomic E-state index is -3.03. The van der Waals surface area contributed by atoms with E-state index >= 15 is 0 Å². The van der Waals surface area contributed by atoms with E-state index in [4.69, 9.17) is 9.47 Å². The predicted octanol–water partition coefficient (Wildman–Crippen LogP) is 2.36. The summed E-state index contributed by atoms with van der Waals surface area (Å²) >= 11 is 1.46. The molecule has 0 saturated carbocycles. The third-order valence-corrected chi connectivity index (χ3v) is 6.18. The molecule has 7 heteroatoms. The summed E-state index contributed by atoms with van der Waals surface area (Å²) in [5, 5.41) is -0.416. The second-order valence-corrected chi connectivity index (χ2v) is 8.31. The van der Waals surface area contributed by atoms with E-state index in [2.05, 4.69) is 0 Å². The van der Waals surface area contributed by atoms with E-state index in [9.17, 15) is 12.8 Å². The number of rotatable bonds is 5. The van der Waals surface area contributed by atoms with Gasteiger partial charge in [-0.25, -0.2) is 12.8 Å². The Kier molecular flexibility index (Phi) is 4.93. The van der Waals surface area contributed by atoms with Crippen molar-refractivity contribution in [3.63, 3.8) is 0 Å². The number of hydrogen-bond acceptors (Lipinski definition) is 5. The molecule has 1 unspecified atom stereocenters. The second-order valence-electron chi connectivity index (χ2n) is 4.82. The zero-order valence-electron chi connectivity index (χ0n) is 11.4. The molecule has 1 aromatic rings. The van der Waals surface area contributed by atoms with E-state index in [0.29, 0.717) is 29.4 Å². The number of sulfone groups is 1. The molecule has 0 bridgehead atoms. The Morgan fingerprint density at radius 1 is 1.45 bits per heavy atom. The smallest absolute Gasteiger partial charge is 0.189 e. The van der Waals surface area contributed by atoms with Crippen molar-refractivity contribution in [2.45, 2.75) is 24.5 Å². The van der Waals surface area contributed by atoms with E-state index in [0.717, 1.165) is 5.56 Å². The van der Waals surface area contributed by atoms with Crippen LogP contribution in [0.3, 0.4) is 0 Å². The van der Waals surface area contributed by atoms with Gasteiger partial charge in [-0.15, -0.1) is 0 Å². The number of benzene rings is 1. The summed E-state index contributed by atoms with van der Waals surface area (Å²) in [6.07, 6.45) is 1.22. The maximum atomic E-state index is 13.5. The van der Waals surface area contributed by atoms with Crippen LogP contribution in [0.4, 0.5) is 4.39 Å². The minimum absolute atomic E-state index is 0.163. The van der Waals surface area contributed by atoms with Gasteiger partial charge in [0.25, 0.3) is 0 Å². The topological polar surface area (TPSA) is 52.6 Å². The Balaban J connectivity index is 2.05. The molecule has 0 saturated heterocycles. The van der Waals surface area contributed by atoms with Crippen molar-refractivity contribution in [1.29, 1.82) is 0 Å². The third-order valence-electron chi connectivity index (χ3n) is 3.09. The molecule has 0 aromatic heterocycles. The third kappa shape index (κ3) is 3.86. The summed E-state index contributed by atoms with van der Waals surface area (Å²) in [6.45, 7) is 2.17. The molecule has 0 aliphatic carbocycles. The first-order valence-electron chi connectivity index (χ1n) is 6.16. The van der Waals surface area contributed by atoms with E-state index in [1.165, 1.54) is 30.2 Å². The maximum absolute atomic E-state index is 13.5. The Morgan fingerprint density at radius 3 is 2.90 bits per heavy atom. The molecule has 4 nitrogen and oxygen atoms in total. The van der Waals surface area contributed by atoms with E-state index in [1.54, 1.807) is 6.92 Å². The number of hydrogen-bond donors (Lipinski definition) is 0. The lowest BCUT2D eigenvalue weighted by molar-refractivity contribution is -0.0171. The van der Waals surface area contributed by atoms with Crippen molar-refractivity contribution in [1.82, 2.24) is 0 Å². The Bertz CT molecular complexity index is 586. The molecule has 1 aromatic carbocycles. The zero-order valence-corrected chi connectivity index (χ0v) is 13.0. The molecular weight excluding hydrogens is 303 g/mol. The van der Waals surface area contributed by atoms with Crippen LogP contribution in [-0.4, -0.2) is 32.5 Å². The molecule has 2 rings (SSSR count). The van der Waals surface area contributed by atoms with Crippen LogP contribution in [0.25, 0.3) is 0 Å². The molecule has 1 atom stereocenters. The standard InChI is InChI=1S/C13H17FO4S2/c1-9(20(2,15)16)6-19-7-11-4-12(14)3-10-5-17-8-18-13(10)11/h3-4,9H,5-8H2,1-2H3. The van der Waals surface area contributed by atoms with Crippen molar-refractivity contribution in [3.8, 4) is 5.75 Å². The number of thioether (sulfide) groups is 1. The summed E-state index contributed by atoms with van der Waals surface area (Å²) in [6, 6.07) is 2.84. The molecule has 20 heavy (non-hydrogen) atoms. The predicted molar refractivity (Wildman–Crippen MR) is 77.2 cm³/mol. The fourth-order valence-corrected chi connectivity index (χ4v) is 3.98. The summed E-state index contributed by atoms with van der Waals surface area (Å²) in [4.78, 5) is 0. The fourth-order valence-electron chi connectivity index (χ4n) is 1.82. The first kappa shape index (κ1) is 15.6. The second kappa shape index (κ2) is 6.32. The molecule has 1 aliphatic heterocycles. The first-order chi connectivity index (χ1) is 9.38. The van der Waals surface area contributed by atoms with Crippen LogP contribution in [0.5, 0.6) is 5.75 Å². The van der Waals surface area contributed by atoms with Crippen molar-refractivity contribution in [3.05, 3.63) is 29.1 Å². The number of halogens is 1. The van der Waals surface area contributed by atoms with Crippen molar-refractivity contribution in [2.75, 3.05) is 18.8 Å². The largest absolute Gasteiger partial charge is 0.467 e. The molecule has 1 aliphatic rings. The highest BCUT2D eigenvalue weighted by Gasteiger charge is 2.18. The van der Waals surface area contributed by atoms with Crippen LogP contribution < -0.4 is 4.74 Å². The monoisotopic (exact) mass is 320 g/mol. The lowest BCUT2D eigenvalue weighted by Gasteiger charge is -2.21. The normalized spacial score (nSPS) is 16.4. The molecule has 0 radical (unpaired) electrons. The molecule has 0 amide bonds. The van der Waals surface area contributed by atoms with E-state index in [-0.39, 0.29) is 12.6 Å². The Morgan fingerprint density at radius 2 is 2.20 bits per heavy atom. The molecule has 0 N–H and O–H groups in total. The lowest BCUT2D eigenvalue weighted by Crippen LogP contribution is -2.18. The quantitative estimate of drug-likeness (QED) is 0.833. The first-order valence-corrected chi connectivity index (χ1v) is 9.27. The van der Waals surface area contributed by atoms with Crippen molar-refractivity contribution < 1.29 is 22.3 Å². The van der Waals surface area contributed by atoms with Gasteiger partial charge < -0.3 is 9.47 Å². The van der Waals surface area contributed by atoms with Gasteiger partial charge in [0.15, 0.2) is 16.6 Å². The Hall–Kier alpha value is -0.790. The van der Waals surface area contributed by atoms with Gasteiger partial charge >= 0.3 is 0 Å². The Labute approximate surface area is 122 Å². The van der Waals surface area contributed by atoms with Crippen molar-refractivity contribution >= 4 is 21.6 Å². The number of ether oxygens (including phenoxy) is 2. The fraction of sp³-hybridized carbons (Fsp3) is 0.538. The van der Waals surface area contributed by atoms with Gasteiger partial charge in [-0.05, 0) is 19.1 Å². The van der Waals surface area contributed by atoms with Crippen LogP contribution in [-0.2, 0) is 26.9 Å². The van der Waals surface area contributed by atoms with Crippen LogP contribution >= 0.6 is 11.8 Å². The van der Waals surface area contributed by atoms with Gasteiger partial charge in [-0.3, -0.25) is 0 Å². The molecule has 112 valence electrons. The zero-order chi connectivity index (χ0) is 14.8. The highest BCUT2D eigenvalue weighted by Crippen LogP contribution is 2.32. The van der Waals surface area contributed by atoms with E-state index < -0.39 is 15.1 Å². The highest BCUT2D eigenvalue weighted by molar-refractivity contribution is 8.00. The van der Waals surface area contributed by atoms with Gasteiger partial charge in [0.05, 0.1) is 11.9 Å². The minimum Gasteiger partial charge on any atom is -0.467 e. The van der Waals surface area contributed by atoms with Crippen LogP contribution in [0.15, 0.2) is 12.1 Å². The van der Waals surface area contributed by atoms with Gasteiger partial charge in [-0.2, -0.15) is 11.8 Å². The average Bonchev–Trinajstić information content (AvgIpc) is 2.37. The highest BCUT2D eigenvalue weighted by atomic mass is 32.2. The van der Waals surface area contributed by atoms with Crippen LogP contribution in [0.2, 0.25) is 0 Å². The van der Waals surface area contributed by atoms with E-state index in [1.807, 2.05) is 0 Å². The van der Waals surface area contributed by atoms with Gasteiger partial charge in [0, 0.05) is 28.9 Å². The van der Waals surface area contributed by atoms with Gasteiger partial charge in [-0.1, -0.05) is 0 Å². The molecule has 1 heterocycles. The lowest BCUT2D eigenvalue weighted by atomic mass is 10.1.